The lowest BCUT2D eigenvalue weighted by atomic mass is 9.84. The van der Waals surface area contributed by atoms with Crippen LogP contribution in [0.1, 0.15) is 18.5 Å². The van der Waals surface area contributed by atoms with Gasteiger partial charge in [-0.15, -0.1) is 0 Å². The molecule has 2 aromatic rings. The number of nitrogens with one attached hydrogen (secondary N) is 1. The first-order chi connectivity index (χ1) is 9.88. The maximum Gasteiger partial charge on any atom is 0.136 e. The highest BCUT2D eigenvalue weighted by atomic mass is 15.2. The maximum absolute atomic E-state index is 4.66. The summed E-state index contributed by atoms with van der Waals surface area (Å²) < 4.78 is 2.10. The van der Waals surface area contributed by atoms with Crippen LogP contribution in [0, 0.1) is 5.92 Å². The summed E-state index contributed by atoms with van der Waals surface area (Å²) in [6.45, 7) is 4.92. The topological polar surface area (TPSA) is 32.6 Å². The van der Waals surface area contributed by atoms with E-state index in [-0.39, 0.29) is 0 Å². The number of pyridine rings is 1. The highest BCUT2D eigenvalue weighted by Gasteiger charge is 2.33. The van der Waals surface area contributed by atoms with Crippen molar-refractivity contribution < 1.29 is 0 Å². The second-order valence-electron chi connectivity index (χ2n) is 6.15. The molecule has 4 nitrogen and oxygen atoms in total. The Hall–Kier alpha value is -1.39. The molecule has 0 spiro atoms. The molecule has 106 valence electrons. The van der Waals surface area contributed by atoms with Crippen molar-refractivity contribution in [2.45, 2.75) is 25.3 Å². The maximum atomic E-state index is 4.66. The van der Waals surface area contributed by atoms with E-state index in [1.807, 2.05) is 12.1 Å². The Labute approximate surface area is 119 Å². The fraction of sp³-hybridized carbons (Fsp3) is 0.562. The highest BCUT2D eigenvalue weighted by molar-refractivity contribution is 5.39. The molecular formula is C16H22N4. The van der Waals surface area contributed by atoms with E-state index in [2.05, 4.69) is 38.1 Å². The van der Waals surface area contributed by atoms with E-state index in [4.69, 9.17) is 0 Å². The van der Waals surface area contributed by atoms with Crippen LogP contribution in [0.5, 0.6) is 0 Å². The van der Waals surface area contributed by atoms with Crippen LogP contribution in [0.3, 0.4) is 0 Å². The van der Waals surface area contributed by atoms with Crippen molar-refractivity contribution in [3.8, 4) is 0 Å². The lowest BCUT2D eigenvalue weighted by Crippen LogP contribution is -2.56. The number of hydrogen-bond donors (Lipinski definition) is 1. The summed E-state index contributed by atoms with van der Waals surface area (Å²) in [4.78, 5) is 7.26. The number of imidazole rings is 1. The summed E-state index contributed by atoms with van der Waals surface area (Å²) in [6.07, 6.45) is 7.99. The first kappa shape index (κ1) is 12.4. The van der Waals surface area contributed by atoms with Gasteiger partial charge in [-0.2, -0.15) is 0 Å². The minimum Gasteiger partial charge on any atom is -0.312 e. The van der Waals surface area contributed by atoms with Crippen molar-refractivity contribution in [1.29, 1.82) is 0 Å². The van der Waals surface area contributed by atoms with Gasteiger partial charge in [0, 0.05) is 37.9 Å². The van der Waals surface area contributed by atoms with Gasteiger partial charge in [0.2, 0.25) is 0 Å². The van der Waals surface area contributed by atoms with Crippen molar-refractivity contribution in [3.05, 3.63) is 36.3 Å². The fourth-order valence-corrected chi connectivity index (χ4v) is 3.69. The quantitative estimate of drug-likeness (QED) is 0.915. The number of rotatable bonds is 4. The predicted molar refractivity (Wildman–Crippen MR) is 79.9 cm³/mol. The van der Waals surface area contributed by atoms with Gasteiger partial charge in [0.15, 0.2) is 0 Å². The molecule has 1 N–H and O–H groups in total. The molecule has 2 bridgehead atoms. The molecule has 0 aromatic carbocycles. The Morgan fingerprint density at radius 3 is 2.90 bits per heavy atom. The van der Waals surface area contributed by atoms with Crippen molar-refractivity contribution in [2.75, 3.05) is 26.2 Å². The molecule has 4 heteroatoms. The van der Waals surface area contributed by atoms with Crippen LogP contribution in [0.4, 0.5) is 0 Å². The summed E-state index contributed by atoms with van der Waals surface area (Å²) in [6, 6.07) is 6.85. The monoisotopic (exact) mass is 270 g/mol. The second kappa shape index (κ2) is 5.19. The van der Waals surface area contributed by atoms with E-state index < -0.39 is 0 Å². The number of hydrogen-bond acceptors (Lipinski definition) is 3. The average molecular weight is 270 g/mol. The van der Waals surface area contributed by atoms with Gasteiger partial charge in [0.25, 0.3) is 0 Å². The van der Waals surface area contributed by atoms with Crippen molar-refractivity contribution in [3.63, 3.8) is 0 Å². The molecule has 0 aliphatic carbocycles. The van der Waals surface area contributed by atoms with Crippen molar-refractivity contribution in [1.82, 2.24) is 19.6 Å². The molecule has 3 aliphatic rings. The smallest absolute Gasteiger partial charge is 0.136 e. The van der Waals surface area contributed by atoms with Crippen LogP contribution in [0.2, 0.25) is 0 Å². The largest absolute Gasteiger partial charge is 0.312 e. The Bertz CT molecular complexity index is 550. The van der Waals surface area contributed by atoms with Crippen LogP contribution in [-0.2, 0) is 6.42 Å². The SMILES string of the molecule is c1ccn2cc(CCN[C@H]3CN4CCC3CC4)nc2c1. The summed E-state index contributed by atoms with van der Waals surface area (Å²) in [7, 11) is 0. The lowest BCUT2D eigenvalue weighted by molar-refractivity contribution is 0.0731. The van der Waals surface area contributed by atoms with Gasteiger partial charge in [-0.25, -0.2) is 4.98 Å². The fourth-order valence-electron chi connectivity index (χ4n) is 3.69. The Morgan fingerprint density at radius 2 is 2.15 bits per heavy atom. The Morgan fingerprint density at radius 1 is 1.25 bits per heavy atom. The molecule has 1 atom stereocenters. The molecule has 3 saturated heterocycles. The van der Waals surface area contributed by atoms with E-state index in [1.165, 1.54) is 38.2 Å². The standard InChI is InChI=1S/C16H22N4/c1-2-8-20-11-14(18-16(20)3-1)4-7-17-15-12-19-9-5-13(15)6-10-19/h1-3,8,11,13,15,17H,4-7,9-10,12H2/t15-/m0/s1. The zero-order chi connectivity index (χ0) is 13.4. The number of fused-ring (bicyclic) bond motifs is 4. The zero-order valence-electron chi connectivity index (χ0n) is 11.8. The Balaban J connectivity index is 1.34. The van der Waals surface area contributed by atoms with Crippen LogP contribution in [0.15, 0.2) is 30.6 Å². The molecule has 5 rings (SSSR count). The molecule has 0 radical (unpaired) electrons. The van der Waals surface area contributed by atoms with Crippen LogP contribution in [0.25, 0.3) is 5.65 Å². The summed E-state index contributed by atoms with van der Waals surface area (Å²) in [5.41, 5.74) is 2.23. The highest BCUT2D eigenvalue weighted by Crippen LogP contribution is 2.27. The van der Waals surface area contributed by atoms with Gasteiger partial charge in [0.05, 0.1) is 5.69 Å². The third-order valence-electron chi connectivity index (χ3n) is 4.86. The average Bonchev–Trinajstić information content (AvgIpc) is 2.91. The first-order valence-corrected chi connectivity index (χ1v) is 7.77. The second-order valence-corrected chi connectivity index (χ2v) is 6.15. The van der Waals surface area contributed by atoms with Crippen LogP contribution >= 0.6 is 0 Å². The number of aromatic nitrogens is 2. The van der Waals surface area contributed by atoms with E-state index in [9.17, 15) is 0 Å². The normalized spacial score (nSPS) is 29.1. The van der Waals surface area contributed by atoms with E-state index in [1.54, 1.807) is 0 Å². The molecule has 2 aromatic heterocycles. The lowest BCUT2D eigenvalue weighted by Gasteiger charge is -2.45. The van der Waals surface area contributed by atoms with Crippen LogP contribution in [-0.4, -0.2) is 46.5 Å². The minimum atomic E-state index is 0.703. The molecule has 20 heavy (non-hydrogen) atoms. The third kappa shape index (κ3) is 2.34. The van der Waals surface area contributed by atoms with Gasteiger partial charge in [-0.1, -0.05) is 6.07 Å². The van der Waals surface area contributed by atoms with Crippen LogP contribution < -0.4 is 5.32 Å². The number of piperidine rings is 3. The van der Waals surface area contributed by atoms with E-state index in [0.717, 1.165) is 24.5 Å². The molecule has 0 saturated carbocycles. The minimum absolute atomic E-state index is 0.703. The van der Waals surface area contributed by atoms with Gasteiger partial charge >= 0.3 is 0 Å². The van der Waals surface area contributed by atoms with Gasteiger partial charge in [-0.3, -0.25) is 0 Å². The third-order valence-corrected chi connectivity index (χ3v) is 4.86. The first-order valence-electron chi connectivity index (χ1n) is 7.77. The molecule has 0 unspecified atom stereocenters. The molecule has 3 aliphatic heterocycles. The molecule has 0 amide bonds. The van der Waals surface area contributed by atoms with Crippen molar-refractivity contribution in [2.24, 2.45) is 5.92 Å². The van der Waals surface area contributed by atoms with E-state index in [0.29, 0.717) is 6.04 Å². The van der Waals surface area contributed by atoms with Gasteiger partial charge in [-0.05, 0) is 44.0 Å². The van der Waals surface area contributed by atoms with Crippen molar-refractivity contribution >= 4 is 5.65 Å². The zero-order valence-corrected chi connectivity index (χ0v) is 11.8. The summed E-state index contributed by atoms with van der Waals surface area (Å²) in [5, 5.41) is 3.75. The number of nitrogens with zero attached hydrogens (tertiary/aromatic N) is 3. The van der Waals surface area contributed by atoms with Gasteiger partial charge in [0.1, 0.15) is 5.65 Å². The van der Waals surface area contributed by atoms with Gasteiger partial charge < -0.3 is 14.6 Å². The predicted octanol–water partition coefficient (Wildman–Crippen LogP) is 1.56. The summed E-state index contributed by atoms with van der Waals surface area (Å²) >= 11 is 0. The summed E-state index contributed by atoms with van der Waals surface area (Å²) in [5.74, 6) is 0.904. The molecule has 3 fully saturated rings. The molecule has 5 heterocycles. The molecular weight excluding hydrogens is 248 g/mol. The van der Waals surface area contributed by atoms with E-state index >= 15 is 0 Å². The Kier molecular flexibility index (Phi) is 3.20.